The van der Waals surface area contributed by atoms with Crippen molar-refractivity contribution in [2.24, 2.45) is 0 Å². The molecule has 1 aliphatic heterocycles. The second-order valence-electron chi connectivity index (χ2n) is 4.17. The third kappa shape index (κ3) is 1.97. The largest absolute Gasteiger partial charge is 0.390 e. The minimum absolute atomic E-state index is 0.0179. The Morgan fingerprint density at radius 1 is 1.35 bits per heavy atom. The number of aliphatic hydroxyl groups excluding tert-OH is 1. The van der Waals surface area contributed by atoms with Gasteiger partial charge in [0.15, 0.2) is 0 Å². The number of aromatic nitrogens is 2. The summed E-state index contributed by atoms with van der Waals surface area (Å²) in [6.45, 7) is 1.24. The molecule has 88 valence electrons. The van der Waals surface area contributed by atoms with E-state index in [9.17, 15) is 0 Å². The number of nitrogens with zero attached hydrogens (tertiary/aromatic N) is 2. The van der Waals surface area contributed by atoms with Gasteiger partial charge in [0.05, 0.1) is 18.8 Å². The van der Waals surface area contributed by atoms with Crippen molar-refractivity contribution in [3.05, 3.63) is 53.6 Å². The Kier molecular flexibility index (Phi) is 2.66. The molecule has 1 aromatic carbocycles. The van der Waals surface area contributed by atoms with Crippen LogP contribution in [0.1, 0.15) is 23.2 Å². The van der Waals surface area contributed by atoms with Gasteiger partial charge in [-0.05, 0) is 5.56 Å². The molecule has 0 amide bonds. The summed E-state index contributed by atoms with van der Waals surface area (Å²) in [5, 5.41) is 9.05. The lowest BCUT2D eigenvalue weighted by Gasteiger charge is -2.24. The molecule has 0 spiro atoms. The Balaban J connectivity index is 1.85. The van der Waals surface area contributed by atoms with E-state index in [1.165, 1.54) is 5.56 Å². The molecular formula is C13H14N2O2. The van der Waals surface area contributed by atoms with Crippen LogP contribution in [0.5, 0.6) is 0 Å². The van der Waals surface area contributed by atoms with Crippen LogP contribution < -0.4 is 0 Å². The number of aliphatic hydroxyl groups is 1. The van der Waals surface area contributed by atoms with Crippen LogP contribution in [0.4, 0.5) is 0 Å². The topological polar surface area (TPSA) is 47.3 Å². The molecule has 0 bridgehead atoms. The number of fused-ring (bicyclic) bond motifs is 1. The van der Waals surface area contributed by atoms with E-state index in [0.717, 1.165) is 12.4 Å². The first-order valence-corrected chi connectivity index (χ1v) is 5.69. The van der Waals surface area contributed by atoms with E-state index in [4.69, 9.17) is 9.84 Å². The lowest BCUT2D eigenvalue weighted by molar-refractivity contribution is 0.000481. The Labute approximate surface area is 99.5 Å². The van der Waals surface area contributed by atoms with Gasteiger partial charge in [0, 0.05) is 6.20 Å². The van der Waals surface area contributed by atoms with Crippen LogP contribution in [0, 0.1) is 0 Å². The molecule has 17 heavy (non-hydrogen) atoms. The van der Waals surface area contributed by atoms with Crippen molar-refractivity contribution in [3.8, 4) is 0 Å². The van der Waals surface area contributed by atoms with Crippen LogP contribution >= 0.6 is 0 Å². The maximum absolute atomic E-state index is 9.05. The van der Waals surface area contributed by atoms with E-state index >= 15 is 0 Å². The highest BCUT2D eigenvalue weighted by Crippen LogP contribution is 2.26. The van der Waals surface area contributed by atoms with Crippen molar-refractivity contribution in [2.75, 3.05) is 0 Å². The monoisotopic (exact) mass is 230 g/mol. The fourth-order valence-corrected chi connectivity index (χ4v) is 2.14. The molecule has 0 radical (unpaired) electrons. The number of ether oxygens (including phenoxy) is 1. The highest BCUT2D eigenvalue weighted by molar-refractivity contribution is 5.18. The third-order valence-electron chi connectivity index (χ3n) is 3.02. The van der Waals surface area contributed by atoms with Gasteiger partial charge in [-0.15, -0.1) is 0 Å². The fraction of sp³-hybridized carbons (Fsp3) is 0.308. The maximum Gasteiger partial charge on any atom is 0.135 e. The first-order valence-electron chi connectivity index (χ1n) is 5.69. The Morgan fingerprint density at radius 2 is 2.18 bits per heavy atom. The van der Waals surface area contributed by atoms with Gasteiger partial charge in [0.25, 0.3) is 0 Å². The van der Waals surface area contributed by atoms with Gasteiger partial charge in [-0.2, -0.15) is 0 Å². The Hall–Kier alpha value is -1.65. The van der Waals surface area contributed by atoms with Crippen molar-refractivity contribution in [1.29, 1.82) is 0 Å². The van der Waals surface area contributed by atoms with Gasteiger partial charge in [-0.3, -0.25) is 0 Å². The van der Waals surface area contributed by atoms with Crippen LogP contribution in [-0.4, -0.2) is 14.7 Å². The van der Waals surface area contributed by atoms with Crippen molar-refractivity contribution in [3.63, 3.8) is 0 Å². The molecule has 3 rings (SSSR count). The molecule has 1 aliphatic rings. The summed E-state index contributed by atoms with van der Waals surface area (Å²) >= 11 is 0. The van der Waals surface area contributed by atoms with Crippen molar-refractivity contribution in [1.82, 2.24) is 9.55 Å². The molecule has 1 atom stereocenters. The van der Waals surface area contributed by atoms with Crippen molar-refractivity contribution < 1.29 is 9.84 Å². The normalized spacial score (nSPS) is 19.0. The lowest BCUT2D eigenvalue weighted by atomic mass is 10.1. The van der Waals surface area contributed by atoms with Gasteiger partial charge < -0.3 is 14.4 Å². The lowest BCUT2D eigenvalue weighted by Crippen LogP contribution is -2.20. The van der Waals surface area contributed by atoms with E-state index in [0.29, 0.717) is 12.3 Å². The summed E-state index contributed by atoms with van der Waals surface area (Å²) in [4.78, 5) is 4.29. The second kappa shape index (κ2) is 4.31. The zero-order valence-electron chi connectivity index (χ0n) is 9.41. The van der Waals surface area contributed by atoms with E-state index in [-0.39, 0.29) is 12.7 Å². The van der Waals surface area contributed by atoms with Gasteiger partial charge in [0.2, 0.25) is 0 Å². The quantitative estimate of drug-likeness (QED) is 0.853. The fourth-order valence-electron chi connectivity index (χ4n) is 2.14. The summed E-state index contributed by atoms with van der Waals surface area (Å²) in [5.74, 6) is 0.890. The summed E-state index contributed by atoms with van der Waals surface area (Å²) in [7, 11) is 0. The minimum atomic E-state index is -0.0179. The number of hydrogen-bond acceptors (Lipinski definition) is 3. The van der Waals surface area contributed by atoms with Crippen LogP contribution in [0.25, 0.3) is 0 Å². The maximum atomic E-state index is 9.05. The molecule has 0 saturated heterocycles. The third-order valence-corrected chi connectivity index (χ3v) is 3.02. The minimum Gasteiger partial charge on any atom is -0.390 e. The first kappa shape index (κ1) is 10.5. The highest BCUT2D eigenvalue weighted by atomic mass is 16.5. The molecule has 1 N–H and O–H groups in total. The van der Waals surface area contributed by atoms with Gasteiger partial charge >= 0.3 is 0 Å². The molecular weight excluding hydrogens is 216 g/mol. The van der Waals surface area contributed by atoms with Gasteiger partial charge in [-0.1, -0.05) is 30.3 Å². The summed E-state index contributed by atoms with van der Waals surface area (Å²) in [5.41, 5.74) is 1.88. The molecule has 0 fully saturated rings. The van der Waals surface area contributed by atoms with Gasteiger partial charge in [-0.25, -0.2) is 4.98 Å². The molecule has 4 heteroatoms. The van der Waals surface area contributed by atoms with Crippen LogP contribution in [0.15, 0.2) is 36.5 Å². The Morgan fingerprint density at radius 3 is 2.94 bits per heavy atom. The standard InChI is InChI=1S/C13H14N2O2/c16-8-11-6-15-7-12(17-9-13(15)14-11)10-4-2-1-3-5-10/h1-6,12,16H,7-9H2. The van der Waals surface area contributed by atoms with E-state index in [1.54, 1.807) is 0 Å². The van der Waals surface area contributed by atoms with Crippen LogP contribution in [0.3, 0.4) is 0 Å². The van der Waals surface area contributed by atoms with E-state index in [2.05, 4.69) is 21.7 Å². The molecule has 1 unspecified atom stereocenters. The average Bonchev–Trinajstić information content (AvgIpc) is 2.81. The zero-order chi connectivity index (χ0) is 11.7. The van der Waals surface area contributed by atoms with Crippen LogP contribution in [0.2, 0.25) is 0 Å². The van der Waals surface area contributed by atoms with Crippen molar-refractivity contribution in [2.45, 2.75) is 25.9 Å². The molecule has 2 aromatic rings. The second-order valence-corrected chi connectivity index (χ2v) is 4.17. The molecule has 2 heterocycles. The van der Waals surface area contributed by atoms with Crippen LogP contribution in [-0.2, 0) is 24.5 Å². The summed E-state index contributed by atoms with van der Waals surface area (Å²) < 4.78 is 7.85. The van der Waals surface area contributed by atoms with E-state index < -0.39 is 0 Å². The number of rotatable bonds is 2. The number of imidazole rings is 1. The first-order chi connectivity index (χ1) is 8.36. The number of benzene rings is 1. The van der Waals surface area contributed by atoms with Crippen molar-refractivity contribution >= 4 is 0 Å². The smallest absolute Gasteiger partial charge is 0.135 e. The highest BCUT2D eigenvalue weighted by Gasteiger charge is 2.21. The van der Waals surface area contributed by atoms with Gasteiger partial charge in [0.1, 0.15) is 18.5 Å². The Bertz CT molecular complexity index is 507. The SMILES string of the molecule is OCc1cn2c(n1)COC(c1ccccc1)C2. The summed E-state index contributed by atoms with van der Waals surface area (Å²) in [6, 6.07) is 10.2. The predicted octanol–water partition coefficient (Wildman–Crippen LogP) is 1.65. The molecule has 1 aromatic heterocycles. The van der Waals surface area contributed by atoms with E-state index in [1.807, 2.05) is 24.4 Å². The molecule has 0 aliphatic carbocycles. The summed E-state index contributed by atoms with van der Waals surface area (Å²) in [6.07, 6.45) is 1.97. The zero-order valence-corrected chi connectivity index (χ0v) is 9.41. The average molecular weight is 230 g/mol. The number of hydrogen-bond donors (Lipinski definition) is 1. The predicted molar refractivity (Wildman–Crippen MR) is 62.1 cm³/mol. The molecule has 0 saturated carbocycles. The molecule has 4 nitrogen and oxygen atoms in total.